The zero-order chi connectivity index (χ0) is 24.5. The molecule has 7 nitrogen and oxygen atoms in total. The maximum absolute atomic E-state index is 13.6. The van der Waals surface area contributed by atoms with E-state index >= 15 is 0 Å². The van der Waals surface area contributed by atoms with Crippen molar-refractivity contribution in [1.29, 1.82) is 0 Å². The van der Waals surface area contributed by atoms with Crippen molar-refractivity contribution < 1.29 is 4.79 Å². The molecule has 0 aliphatic heterocycles. The third-order valence-corrected chi connectivity index (χ3v) is 7.06. The Kier molecular flexibility index (Phi) is 6.25. The lowest BCUT2D eigenvalue weighted by atomic mass is 10.1. The first kappa shape index (κ1) is 23.0. The van der Waals surface area contributed by atoms with Crippen molar-refractivity contribution in [2.75, 3.05) is 0 Å². The number of para-hydroxylation sites is 1. The number of aromatic amines is 1. The number of nitrogens with one attached hydrogen (secondary N) is 2. The summed E-state index contributed by atoms with van der Waals surface area (Å²) in [5, 5.41) is 8.51. The van der Waals surface area contributed by atoms with Gasteiger partial charge in [0.15, 0.2) is 0 Å². The molecule has 0 radical (unpaired) electrons. The van der Waals surface area contributed by atoms with E-state index in [2.05, 4.69) is 20.6 Å². The maximum Gasteiger partial charge on any atom is 0.283 e. The monoisotopic (exact) mass is 521 g/mol. The van der Waals surface area contributed by atoms with Crippen LogP contribution in [-0.4, -0.2) is 26.4 Å². The van der Waals surface area contributed by atoms with Gasteiger partial charge in [-0.05, 0) is 37.3 Å². The summed E-state index contributed by atoms with van der Waals surface area (Å²) in [7, 11) is 0. The van der Waals surface area contributed by atoms with Gasteiger partial charge in [0.25, 0.3) is 11.5 Å². The van der Waals surface area contributed by atoms with E-state index in [-0.39, 0.29) is 10.6 Å². The molecule has 0 saturated carbocycles. The Morgan fingerprint density at radius 1 is 1.03 bits per heavy atom. The number of halogens is 2. The van der Waals surface area contributed by atoms with Crippen molar-refractivity contribution in [3.63, 3.8) is 0 Å². The van der Waals surface area contributed by atoms with E-state index in [0.29, 0.717) is 32.7 Å². The van der Waals surface area contributed by atoms with Crippen molar-refractivity contribution >= 4 is 56.4 Å². The molecule has 2 N–H and O–H groups in total. The number of carbonyl (C=O) groups excluding carboxylic acids is 1. The molecule has 2 heterocycles. The number of rotatable bonds is 5. The molecule has 0 spiro atoms. The lowest BCUT2D eigenvalue weighted by Crippen LogP contribution is -2.23. The zero-order valence-electron chi connectivity index (χ0n) is 18.3. The fourth-order valence-electron chi connectivity index (χ4n) is 3.57. The zero-order valence-corrected chi connectivity index (χ0v) is 20.6. The van der Waals surface area contributed by atoms with E-state index in [1.165, 1.54) is 28.2 Å². The van der Waals surface area contributed by atoms with Gasteiger partial charge in [-0.15, -0.1) is 0 Å². The predicted octanol–water partition coefficient (Wildman–Crippen LogP) is 5.90. The first-order valence-electron chi connectivity index (χ1n) is 10.5. The lowest BCUT2D eigenvalue weighted by Gasteiger charge is -2.05. The van der Waals surface area contributed by atoms with Crippen molar-refractivity contribution in [3.8, 4) is 16.4 Å². The quantitative estimate of drug-likeness (QED) is 0.222. The summed E-state index contributed by atoms with van der Waals surface area (Å²) in [5.41, 5.74) is 5.28. The Balaban J connectivity index is 1.56. The van der Waals surface area contributed by atoms with E-state index in [1.54, 1.807) is 13.0 Å². The highest BCUT2D eigenvalue weighted by Crippen LogP contribution is 2.26. The molecule has 35 heavy (non-hydrogen) atoms. The Morgan fingerprint density at radius 2 is 1.77 bits per heavy atom. The molecule has 0 saturated heterocycles. The summed E-state index contributed by atoms with van der Waals surface area (Å²) in [4.78, 5) is 30.7. The van der Waals surface area contributed by atoms with Gasteiger partial charge in [0, 0.05) is 11.1 Å². The van der Waals surface area contributed by atoms with Gasteiger partial charge >= 0.3 is 0 Å². The minimum absolute atomic E-state index is 0.260. The molecule has 1 amide bonds. The molecule has 0 bridgehead atoms. The Morgan fingerprint density at radius 3 is 2.51 bits per heavy atom. The molecule has 174 valence electrons. The molecule has 0 aliphatic rings. The van der Waals surface area contributed by atoms with Gasteiger partial charge in [0.05, 0.1) is 37.2 Å². The van der Waals surface area contributed by atoms with Crippen LogP contribution in [0.5, 0.6) is 0 Å². The normalized spacial score (nSPS) is 11.7. The minimum Gasteiger partial charge on any atom is -0.288 e. The molecule has 5 rings (SSSR count). The summed E-state index contributed by atoms with van der Waals surface area (Å²) < 4.78 is 2.37. The van der Waals surface area contributed by atoms with Crippen molar-refractivity contribution in [2.24, 2.45) is 5.10 Å². The number of hydrazone groups is 1. The Labute approximate surface area is 213 Å². The van der Waals surface area contributed by atoms with Gasteiger partial charge in [0.2, 0.25) is 5.13 Å². The molecular formula is C25H17Cl2N5O2S. The number of amides is 1. The average Bonchev–Trinajstić information content (AvgIpc) is 3.45. The number of carbonyl (C=O) groups is 1. The molecule has 3 aromatic carbocycles. The topological polar surface area (TPSA) is 92.1 Å². The van der Waals surface area contributed by atoms with Crippen LogP contribution in [0.4, 0.5) is 0 Å². The van der Waals surface area contributed by atoms with Gasteiger partial charge in [0.1, 0.15) is 0 Å². The van der Waals surface area contributed by atoms with Crippen LogP contribution >= 0.6 is 34.5 Å². The molecule has 5 aromatic rings. The van der Waals surface area contributed by atoms with Crippen LogP contribution in [0.25, 0.3) is 26.6 Å². The Hall–Kier alpha value is -3.72. The fraction of sp³-hybridized carbons (Fsp3) is 0.0400. The lowest BCUT2D eigenvalue weighted by molar-refractivity contribution is 0.0955. The predicted molar refractivity (Wildman–Crippen MR) is 141 cm³/mol. The fourth-order valence-corrected chi connectivity index (χ4v) is 4.79. The highest BCUT2D eigenvalue weighted by Gasteiger charge is 2.21. The van der Waals surface area contributed by atoms with E-state index in [9.17, 15) is 9.59 Å². The second-order valence-corrected chi connectivity index (χ2v) is 9.42. The number of thiazole rings is 1. The van der Waals surface area contributed by atoms with Gasteiger partial charge in [-0.2, -0.15) is 9.78 Å². The van der Waals surface area contributed by atoms with E-state index in [1.807, 2.05) is 54.6 Å². The van der Waals surface area contributed by atoms with Crippen LogP contribution in [-0.2, 0) is 0 Å². The number of H-pyrrole nitrogens is 1. The van der Waals surface area contributed by atoms with E-state index in [4.69, 9.17) is 23.2 Å². The van der Waals surface area contributed by atoms with Crippen LogP contribution in [0.3, 0.4) is 0 Å². The van der Waals surface area contributed by atoms with E-state index < -0.39 is 5.91 Å². The first-order chi connectivity index (χ1) is 16.9. The second-order valence-electron chi connectivity index (χ2n) is 7.60. The average molecular weight is 522 g/mol. The highest BCUT2D eigenvalue weighted by atomic mass is 35.5. The number of hydrogen-bond acceptors (Lipinski definition) is 5. The number of aromatic nitrogens is 3. The van der Waals surface area contributed by atoms with Crippen molar-refractivity contribution in [2.45, 2.75) is 6.92 Å². The SMILES string of the molecule is C/C(=N\NC(=O)c1ccc(Cl)c(Cl)c1)c1c(-c2ccccc2)[nH]n(-c2nc3ccccc3s2)c1=O. The smallest absolute Gasteiger partial charge is 0.283 e. The maximum atomic E-state index is 13.6. The summed E-state index contributed by atoms with van der Waals surface area (Å²) in [6.45, 7) is 1.66. The molecular weight excluding hydrogens is 505 g/mol. The summed E-state index contributed by atoms with van der Waals surface area (Å²) in [5.74, 6) is -0.480. The van der Waals surface area contributed by atoms with Crippen LogP contribution in [0.1, 0.15) is 22.8 Å². The second kappa shape index (κ2) is 9.50. The number of hydrogen-bond donors (Lipinski definition) is 2. The first-order valence-corrected chi connectivity index (χ1v) is 12.1. The van der Waals surface area contributed by atoms with Crippen LogP contribution in [0.2, 0.25) is 10.0 Å². The van der Waals surface area contributed by atoms with Gasteiger partial charge in [-0.25, -0.2) is 10.4 Å². The van der Waals surface area contributed by atoms with Crippen LogP contribution in [0.15, 0.2) is 82.7 Å². The number of nitrogens with zero attached hydrogens (tertiary/aromatic N) is 3. The number of benzene rings is 3. The summed E-state index contributed by atoms with van der Waals surface area (Å²) in [6.07, 6.45) is 0. The third-order valence-electron chi connectivity index (χ3n) is 5.30. The largest absolute Gasteiger partial charge is 0.288 e. The molecule has 0 unspecified atom stereocenters. The number of fused-ring (bicyclic) bond motifs is 1. The van der Waals surface area contributed by atoms with Gasteiger partial charge in [-0.1, -0.05) is 77.0 Å². The third kappa shape index (κ3) is 4.51. The van der Waals surface area contributed by atoms with Crippen molar-refractivity contribution in [1.82, 2.24) is 20.2 Å². The highest BCUT2D eigenvalue weighted by molar-refractivity contribution is 7.20. The van der Waals surface area contributed by atoms with E-state index in [0.717, 1.165) is 15.8 Å². The van der Waals surface area contributed by atoms with Gasteiger partial charge in [-0.3, -0.25) is 14.7 Å². The van der Waals surface area contributed by atoms with Gasteiger partial charge < -0.3 is 0 Å². The summed E-state index contributed by atoms with van der Waals surface area (Å²) >= 11 is 13.3. The molecule has 10 heteroatoms. The minimum atomic E-state index is -0.480. The Bertz CT molecular complexity index is 1620. The molecule has 0 atom stereocenters. The molecule has 2 aromatic heterocycles. The molecule has 0 fully saturated rings. The summed E-state index contributed by atoms with van der Waals surface area (Å²) in [6, 6.07) is 21.6. The standard InChI is InChI=1S/C25H17Cl2N5O2S/c1-14(29-30-23(33)16-11-12-17(26)18(27)13-16)21-22(15-7-3-2-4-8-15)31-32(24(21)34)25-28-19-9-5-6-10-20(19)35-25/h2-13,31H,1H3,(H,30,33)/b29-14+. The van der Waals surface area contributed by atoms with Crippen molar-refractivity contribution in [3.05, 3.63) is 104 Å². The molecule has 0 aliphatic carbocycles. The van der Waals surface area contributed by atoms with Crippen LogP contribution in [0, 0.1) is 0 Å². The van der Waals surface area contributed by atoms with Crippen LogP contribution < -0.4 is 11.0 Å².